The van der Waals surface area contributed by atoms with E-state index in [2.05, 4.69) is 233 Å². The summed E-state index contributed by atoms with van der Waals surface area (Å²) in [6.45, 7) is 9.49. The molecular formula is C58H45N. The lowest BCUT2D eigenvalue weighted by Crippen LogP contribution is -2.17. The minimum Gasteiger partial charge on any atom is -0.309 e. The van der Waals surface area contributed by atoms with Crippen molar-refractivity contribution >= 4 is 27.8 Å². The van der Waals surface area contributed by atoms with Gasteiger partial charge < -0.3 is 4.90 Å². The van der Waals surface area contributed by atoms with E-state index in [9.17, 15) is 0 Å². The molecule has 0 N–H and O–H groups in total. The lowest BCUT2D eigenvalue weighted by Gasteiger charge is -2.31. The summed E-state index contributed by atoms with van der Waals surface area (Å²) in [6.07, 6.45) is 0. The monoisotopic (exact) mass is 755 g/mol. The maximum absolute atomic E-state index is 2.50. The van der Waals surface area contributed by atoms with Crippen molar-refractivity contribution in [1.29, 1.82) is 0 Å². The van der Waals surface area contributed by atoms with Crippen molar-refractivity contribution in [2.75, 3.05) is 4.90 Å². The van der Waals surface area contributed by atoms with E-state index in [4.69, 9.17) is 0 Å². The zero-order valence-electron chi connectivity index (χ0n) is 34.0. The predicted octanol–water partition coefficient (Wildman–Crippen LogP) is 15.9. The van der Waals surface area contributed by atoms with Gasteiger partial charge in [-0.25, -0.2) is 0 Å². The quantitative estimate of drug-likeness (QED) is 0.163. The summed E-state index contributed by atoms with van der Waals surface area (Å²) in [6, 6.07) is 74.3. The Labute approximate surface area is 347 Å². The summed E-state index contributed by atoms with van der Waals surface area (Å²) < 4.78 is 0. The molecule has 59 heavy (non-hydrogen) atoms. The summed E-state index contributed by atoms with van der Waals surface area (Å²) in [7, 11) is 0. The molecule has 0 saturated carbocycles. The number of hydrogen-bond acceptors (Lipinski definition) is 1. The molecule has 0 atom stereocenters. The Hall–Kier alpha value is -6.96. The molecule has 0 aromatic heterocycles. The second-order valence-electron chi connectivity index (χ2n) is 17.3. The molecule has 2 aliphatic carbocycles. The fraction of sp³-hybridized carbons (Fsp3) is 0.103. The van der Waals surface area contributed by atoms with E-state index in [1.807, 2.05) is 0 Å². The van der Waals surface area contributed by atoms with Crippen LogP contribution in [-0.4, -0.2) is 0 Å². The van der Waals surface area contributed by atoms with Crippen molar-refractivity contribution in [3.05, 3.63) is 222 Å². The molecule has 0 unspecified atom stereocenters. The van der Waals surface area contributed by atoms with Crippen molar-refractivity contribution in [3.8, 4) is 55.6 Å². The third-order valence-corrected chi connectivity index (χ3v) is 13.3. The lowest BCUT2D eigenvalue weighted by molar-refractivity contribution is 0.660. The van der Waals surface area contributed by atoms with Gasteiger partial charge >= 0.3 is 0 Å². The number of anilines is 3. The topological polar surface area (TPSA) is 3.24 Å². The standard InChI is InChI=1S/C58H45N/c1-57(2)52-27-14-12-23-47(52)49-36-34-42(37-54(49)57)59(56-44-21-9-8-19-39(44)31-35-45(56)38-17-6-5-7-18-38)41-32-29-40(30-33-41)43-20-10-11-22-46(43)50-25-16-26-51-48-24-13-15-28-53(48)58(3,4)55(50)51/h5-37H,1-4H3. The summed E-state index contributed by atoms with van der Waals surface area (Å²) in [5, 5.41) is 2.43. The molecule has 0 bridgehead atoms. The fourth-order valence-electron chi connectivity index (χ4n) is 10.4. The second-order valence-corrected chi connectivity index (χ2v) is 17.3. The van der Waals surface area contributed by atoms with Crippen molar-refractivity contribution < 1.29 is 0 Å². The number of rotatable bonds is 6. The summed E-state index contributed by atoms with van der Waals surface area (Å²) >= 11 is 0. The Kier molecular flexibility index (Phi) is 7.94. The minimum absolute atomic E-state index is 0.110. The first-order valence-corrected chi connectivity index (χ1v) is 20.9. The second kappa shape index (κ2) is 13.3. The molecule has 0 fully saturated rings. The molecule has 0 spiro atoms. The molecule has 0 aliphatic heterocycles. The Morgan fingerprint density at radius 3 is 1.58 bits per heavy atom. The number of nitrogens with zero attached hydrogens (tertiary/aromatic N) is 1. The van der Waals surface area contributed by atoms with Gasteiger partial charge in [0.25, 0.3) is 0 Å². The van der Waals surface area contributed by atoms with Crippen LogP contribution in [-0.2, 0) is 10.8 Å². The van der Waals surface area contributed by atoms with Crippen molar-refractivity contribution in [2.45, 2.75) is 38.5 Å². The molecule has 0 heterocycles. The molecule has 2 aliphatic rings. The van der Waals surface area contributed by atoms with E-state index >= 15 is 0 Å². The van der Waals surface area contributed by atoms with Crippen molar-refractivity contribution in [1.82, 2.24) is 0 Å². The highest BCUT2D eigenvalue weighted by atomic mass is 15.1. The van der Waals surface area contributed by atoms with Gasteiger partial charge in [-0.05, 0) is 102 Å². The van der Waals surface area contributed by atoms with Gasteiger partial charge in [0, 0.05) is 33.2 Å². The Bertz CT molecular complexity index is 3090. The van der Waals surface area contributed by atoms with Crippen LogP contribution >= 0.6 is 0 Å². The fourth-order valence-corrected chi connectivity index (χ4v) is 10.4. The average Bonchev–Trinajstić information content (AvgIpc) is 3.66. The molecule has 9 aromatic rings. The highest BCUT2D eigenvalue weighted by Crippen LogP contribution is 2.54. The van der Waals surface area contributed by atoms with E-state index in [1.165, 1.54) is 94.3 Å². The highest BCUT2D eigenvalue weighted by molar-refractivity contribution is 6.06. The normalized spacial score (nSPS) is 14.0. The number of hydrogen-bond donors (Lipinski definition) is 0. The molecule has 9 aromatic carbocycles. The third kappa shape index (κ3) is 5.38. The van der Waals surface area contributed by atoms with Crippen LogP contribution in [0.1, 0.15) is 49.9 Å². The average molecular weight is 756 g/mol. The molecule has 0 amide bonds. The van der Waals surface area contributed by atoms with E-state index < -0.39 is 0 Å². The van der Waals surface area contributed by atoms with Crippen LogP contribution in [0.25, 0.3) is 66.4 Å². The first-order valence-electron chi connectivity index (χ1n) is 20.9. The van der Waals surface area contributed by atoms with Crippen LogP contribution in [0.4, 0.5) is 17.1 Å². The largest absolute Gasteiger partial charge is 0.309 e. The first kappa shape index (κ1) is 35.2. The van der Waals surface area contributed by atoms with Crippen LogP contribution in [0.2, 0.25) is 0 Å². The van der Waals surface area contributed by atoms with Crippen LogP contribution in [0.3, 0.4) is 0 Å². The van der Waals surface area contributed by atoms with Gasteiger partial charge in [0.2, 0.25) is 0 Å². The van der Waals surface area contributed by atoms with Gasteiger partial charge in [0.1, 0.15) is 0 Å². The smallest absolute Gasteiger partial charge is 0.0618 e. The van der Waals surface area contributed by atoms with Crippen LogP contribution < -0.4 is 4.90 Å². The lowest BCUT2D eigenvalue weighted by atomic mass is 9.78. The Morgan fingerprint density at radius 2 is 0.831 bits per heavy atom. The number of benzene rings is 9. The SMILES string of the molecule is CC1(C)c2ccccc2-c2ccc(N(c3ccc(-c4ccccc4-c4cccc5c4C(C)(C)c4ccccc4-5)cc3)c3c(-c4ccccc4)ccc4ccccc34)cc21. The number of fused-ring (bicyclic) bond motifs is 7. The van der Waals surface area contributed by atoms with Gasteiger partial charge in [-0.2, -0.15) is 0 Å². The zero-order valence-corrected chi connectivity index (χ0v) is 34.0. The molecule has 1 nitrogen and oxygen atoms in total. The van der Waals surface area contributed by atoms with Crippen LogP contribution in [0.15, 0.2) is 200 Å². The Balaban J connectivity index is 1.10. The predicted molar refractivity (Wildman–Crippen MR) is 250 cm³/mol. The summed E-state index contributed by atoms with van der Waals surface area (Å²) in [5.74, 6) is 0. The van der Waals surface area contributed by atoms with Gasteiger partial charge in [-0.15, -0.1) is 0 Å². The van der Waals surface area contributed by atoms with Crippen LogP contribution in [0, 0.1) is 0 Å². The maximum atomic E-state index is 2.50. The molecule has 0 saturated heterocycles. The van der Waals surface area contributed by atoms with Crippen LogP contribution in [0.5, 0.6) is 0 Å². The maximum Gasteiger partial charge on any atom is 0.0618 e. The third-order valence-electron chi connectivity index (χ3n) is 13.3. The molecule has 11 rings (SSSR count). The molecule has 0 radical (unpaired) electrons. The first-order chi connectivity index (χ1) is 28.8. The Morgan fingerprint density at radius 1 is 0.322 bits per heavy atom. The van der Waals surface area contributed by atoms with E-state index in [0.717, 1.165) is 11.4 Å². The van der Waals surface area contributed by atoms with E-state index in [-0.39, 0.29) is 10.8 Å². The van der Waals surface area contributed by atoms with Gasteiger partial charge in [-0.3, -0.25) is 0 Å². The minimum atomic E-state index is -0.129. The van der Waals surface area contributed by atoms with Gasteiger partial charge in [0.05, 0.1) is 5.69 Å². The van der Waals surface area contributed by atoms with Crippen molar-refractivity contribution in [3.63, 3.8) is 0 Å². The van der Waals surface area contributed by atoms with Gasteiger partial charge in [0.15, 0.2) is 0 Å². The van der Waals surface area contributed by atoms with E-state index in [1.54, 1.807) is 0 Å². The molecule has 282 valence electrons. The van der Waals surface area contributed by atoms with Gasteiger partial charge in [-0.1, -0.05) is 204 Å². The van der Waals surface area contributed by atoms with Crippen molar-refractivity contribution in [2.24, 2.45) is 0 Å². The zero-order chi connectivity index (χ0) is 39.9. The summed E-state index contributed by atoms with van der Waals surface area (Å²) in [4.78, 5) is 2.50. The molecular weight excluding hydrogens is 711 g/mol. The molecule has 1 heteroatoms. The summed E-state index contributed by atoms with van der Waals surface area (Å²) in [5.41, 5.74) is 21.5. The highest BCUT2D eigenvalue weighted by Gasteiger charge is 2.38. The van der Waals surface area contributed by atoms with E-state index in [0.29, 0.717) is 0 Å².